The topological polar surface area (TPSA) is 29.5 Å². The fraction of sp³-hybridized carbons (Fsp3) is 0.889. The monoisotopic (exact) mass is 205 g/mol. The summed E-state index contributed by atoms with van der Waals surface area (Å²) in [6, 6.07) is 0. The number of nitrogens with zero attached hydrogens (tertiary/aromatic N) is 1. The third kappa shape index (κ3) is 3.53. The Bertz CT molecular complexity index is 169. The van der Waals surface area contributed by atoms with Crippen molar-refractivity contribution in [1.29, 1.82) is 0 Å². The highest BCUT2D eigenvalue weighted by Crippen LogP contribution is 2.15. The highest BCUT2D eigenvalue weighted by molar-refractivity contribution is 6.18. The van der Waals surface area contributed by atoms with Crippen molar-refractivity contribution in [3.05, 3.63) is 0 Å². The van der Waals surface area contributed by atoms with Gasteiger partial charge < -0.3 is 9.64 Å². The maximum Gasteiger partial charge on any atom is 0.224 e. The number of carbonyl (C=O) groups excluding carboxylic acids is 1. The van der Waals surface area contributed by atoms with Crippen LogP contribution in [0.3, 0.4) is 0 Å². The molecular weight excluding hydrogens is 190 g/mol. The van der Waals surface area contributed by atoms with Crippen molar-refractivity contribution in [2.45, 2.75) is 25.4 Å². The van der Waals surface area contributed by atoms with Crippen LogP contribution in [0.15, 0.2) is 0 Å². The molecule has 1 saturated heterocycles. The van der Waals surface area contributed by atoms with E-state index in [9.17, 15) is 4.79 Å². The van der Waals surface area contributed by atoms with Gasteiger partial charge in [-0.1, -0.05) is 0 Å². The molecule has 0 aromatic carbocycles. The minimum Gasteiger partial charge on any atom is -0.378 e. The van der Waals surface area contributed by atoms with Gasteiger partial charge in [-0.2, -0.15) is 0 Å². The van der Waals surface area contributed by atoms with Gasteiger partial charge in [-0.05, 0) is 12.8 Å². The number of ether oxygens (including phenoxy) is 1. The van der Waals surface area contributed by atoms with E-state index in [-0.39, 0.29) is 12.0 Å². The van der Waals surface area contributed by atoms with Gasteiger partial charge in [-0.15, -0.1) is 11.6 Å². The van der Waals surface area contributed by atoms with Crippen molar-refractivity contribution in [3.63, 3.8) is 0 Å². The molecule has 4 heteroatoms. The van der Waals surface area contributed by atoms with E-state index in [1.807, 2.05) is 0 Å². The molecule has 1 heterocycles. The van der Waals surface area contributed by atoms with E-state index in [0.29, 0.717) is 18.8 Å². The average Bonchev–Trinajstić information content (AvgIpc) is 2.57. The summed E-state index contributed by atoms with van der Waals surface area (Å²) >= 11 is 5.53. The van der Waals surface area contributed by atoms with Gasteiger partial charge in [0.15, 0.2) is 0 Å². The Morgan fingerprint density at radius 1 is 1.69 bits per heavy atom. The van der Waals surface area contributed by atoms with Gasteiger partial charge in [0.05, 0.1) is 12.5 Å². The van der Waals surface area contributed by atoms with Gasteiger partial charge in [0.1, 0.15) is 0 Å². The first kappa shape index (κ1) is 10.8. The number of amides is 1. The molecule has 1 atom stereocenters. The molecule has 1 fully saturated rings. The Morgan fingerprint density at radius 3 is 3.00 bits per heavy atom. The number of carbonyl (C=O) groups is 1. The second-order valence-electron chi connectivity index (χ2n) is 3.34. The number of halogens is 1. The molecule has 0 radical (unpaired) electrons. The fourth-order valence-corrected chi connectivity index (χ4v) is 1.66. The van der Waals surface area contributed by atoms with Gasteiger partial charge in [-0.3, -0.25) is 4.79 Å². The van der Waals surface area contributed by atoms with Gasteiger partial charge in [0.2, 0.25) is 5.91 Å². The Kier molecular flexibility index (Phi) is 4.53. The van der Waals surface area contributed by atoms with Crippen LogP contribution < -0.4 is 0 Å². The van der Waals surface area contributed by atoms with Crippen molar-refractivity contribution in [3.8, 4) is 0 Å². The fourth-order valence-electron chi connectivity index (χ4n) is 1.41. The third-order valence-corrected chi connectivity index (χ3v) is 2.44. The zero-order chi connectivity index (χ0) is 9.68. The minimum atomic E-state index is 0.132. The maximum absolute atomic E-state index is 11.5. The third-order valence-electron chi connectivity index (χ3n) is 2.27. The van der Waals surface area contributed by atoms with E-state index < -0.39 is 0 Å². The number of alkyl halides is 1. The van der Waals surface area contributed by atoms with Crippen molar-refractivity contribution in [1.82, 2.24) is 4.90 Å². The molecule has 1 aliphatic heterocycles. The first-order chi connectivity index (χ1) is 6.24. The Morgan fingerprint density at radius 2 is 2.46 bits per heavy atom. The van der Waals surface area contributed by atoms with Crippen LogP contribution in [-0.4, -0.2) is 43.0 Å². The van der Waals surface area contributed by atoms with Crippen molar-refractivity contribution < 1.29 is 9.53 Å². The molecule has 1 unspecified atom stereocenters. The van der Waals surface area contributed by atoms with Gasteiger partial charge >= 0.3 is 0 Å². The summed E-state index contributed by atoms with van der Waals surface area (Å²) in [5.41, 5.74) is 0. The summed E-state index contributed by atoms with van der Waals surface area (Å²) in [6.45, 7) is 1.42. The second-order valence-corrected chi connectivity index (χ2v) is 3.72. The summed E-state index contributed by atoms with van der Waals surface area (Å²) in [7, 11) is 1.78. The molecule has 0 bridgehead atoms. The van der Waals surface area contributed by atoms with E-state index >= 15 is 0 Å². The Hall–Kier alpha value is -0.280. The molecule has 76 valence electrons. The number of rotatable bonds is 4. The normalized spacial score (nSPS) is 21.8. The molecule has 0 N–H and O–H groups in total. The van der Waals surface area contributed by atoms with E-state index in [1.165, 1.54) is 0 Å². The molecule has 1 rings (SSSR count). The van der Waals surface area contributed by atoms with Crippen LogP contribution in [0.5, 0.6) is 0 Å². The van der Waals surface area contributed by atoms with Gasteiger partial charge in [0.25, 0.3) is 0 Å². The van der Waals surface area contributed by atoms with Crippen LogP contribution in [-0.2, 0) is 9.53 Å². The lowest BCUT2D eigenvalue weighted by molar-refractivity contribution is -0.131. The molecule has 0 spiro atoms. The second kappa shape index (κ2) is 5.45. The largest absolute Gasteiger partial charge is 0.378 e. The molecule has 0 aromatic heterocycles. The van der Waals surface area contributed by atoms with Crippen LogP contribution in [0.25, 0.3) is 0 Å². The summed E-state index contributed by atoms with van der Waals surface area (Å²) in [5.74, 6) is 0.626. The van der Waals surface area contributed by atoms with E-state index in [2.05, 4.69) is 0 Å². The number of hydrogen-bond donors (Lipinski definition) is 0. The molecule has 13 heavy (non-hydrogen) atoms. The molecule has 0 aromatic rings. The quantitative estimate of drug-likeness (QED) is 0.647. The standard InChI is InChI=1S/C9H16ClNO2/c1-11(5-4-10)9(12)7-8-3-2-6-13-8/h8H,2-7H2,1H3. The molecular formula is C9H16ClNO2. The SMILES string of the molecule is CN(CCCl)C(=O)CC1CCCO1. The lowest BCUT2D eigenvalue weighted by atomic mass is 10.2. The van der Waals surface area contributed by atoms with Crippen LogP contribution in [0.1, 0.15) is 19.3 Å². The zero-order valence-corrected chi connectivity index (χ0v) is 8.72. The van der Waals surface area contributed by atoms with Crippen LogP contribution >= 0.6 is 11.6 Å². The van der Waals surface area contributed by atoms with Crippen molar-refractivity contribution in [2.75, 3.05) is 26.1 Å². The van der Waals surface area contributed by atoms with E-state index in [0.717, 1.165) is 19.4 Å². The lowest BCUT2D eigenvalue weighted by Gasteiger charge is -2.17. The van der Waals surface area contributed by atoms with Gasteiger partial charge in [0, 0.05) is 26.1 Å². The first-order valence-corrected chi connectivity index (χ1v) is 5.19. The Labute approximate surface area is 84.0 Å². The predicted octanol–water partition coefficient (Wildman–Crippen LogP) is 1.25. The molecule has 3 nitrogen and oxygen atoms in total. The summed E-state index contributed by atoms with van der Waals surface area (Å²) < 4.78 is 5.37. The first-order valence-electron chi connectivity index (χ1n) is 4.65. The highest BCUT2D eigenvalue weighted by Gasteiger charge is 2.20. The highest BCUT2D eigenvalue weighted by atomic mass is 35.5. The van der Waals surface area contributed by atoms with Crippen molar-refractivity contribution in [2.24, 2.45) is 0 Å². The molecule has 0 saturated carbocycles. The molecule has 1 amide bonds. The van der Waals surface area contributed by atoms with Crippen LogP contribution in [0, 0.1) is 0 Å². The maximum atomic E-state index is 11.5. The van der Waals surface area contributed by atoms with E-state index in [1.54, 1.807) is 11.9 Å². The van der Waals surface area contributed by atoms with Crippen LogP contribution in [0.4, 0.5) is 0 Å². The predicted molar refractivity (Wildman–Crippen MR) is 51.9 cm³/mol. The van der Waals surface area contributed by atoms with Crippen molar-refractivity contribution >= 4 is 17.5 Å². The van der Waals surface area contributed by atoms with E-state index in [4.69, 9.17) is 16.3 Å². The summed E-state index contributed by atoms with van der Waals surface area (Å²) in [4.78, 5) is 13.1. The average molecular weight is 206 g/mol. The zero-order valence-electron chi connectivity index (χ0n) is 7.96. The molecule has 0 aliphatic carbocycles. The minimum absolute atomic E-state index is 0.132. The van der Waals surface area contributed by atoms with Gasteiger partial charge in [-0.25, -0.2) is 0 Å². The summed E-state index contributed by atoms with van der Waals surface area (Å²) in [6.07, 6.45) is 2.75. The molecule has 1 aliphatic rings. The smallest absolute Gasteiger partial charge is 0.224 e. The lowest BCUT2D eigenvalue weighted by Crippen LogP contribution is -2.31. The Balaban J connectivity index is 2.22. The summed E-state index contributed by atoms with van der Waals surface area (Å²) in [5, 5.41) is 0. The number of hydrogen-bond acceptors (Lipinski definition) is 2. The van der Waals surface area contributed by atoms with Crippen LogP contribution in [0.2, 0.25) is 0 Å².